The van der Waals surface area contributed by atoms with Crippen LogP contribution in [0.3, 0.4) is 0 Å². The Morgan fingerprint density at radius 3 is 2.53 bits per heavy atom. The number of amides is 1. The average Bonchev–Trinajstić information content (AvgIpc) is 2.33. The van der Waals surface area contributed by atoms with Gasteiger partial charge < -0.3 is 10.0 Å². The molecular weight excluding hydrogens is 263 g/mol. The van der Waals surface area contributed by atoms with Crippen molar-refractivity contribution in [3.8, 4) is 0 Å². The van der Waals surface area contributed by atoms with Gasteiger partial charge in [-0.05, 0) is 32.6 Å². The lowest BCUT2D eigenvalue weighted by molar-refractivity contribution is -0.187. The van der Waals surface area contributed by atoms with Crippen LogP contribution in [0.2, 0.25) is 0 Å². The molecule has 0 bridgehead atoms. The summed E-state index contributed by atoms with van der Waals surface area (Å²) in [7, 11) is 0. The van der Waals surface area contributed by atoms with Crippen LogP contribution in [0.1, 0.15) is 39.0 Å². The van der Waals surface area contributed by atoms with Crippen LogP contribution >= 0.6 is 0 Å². The van der Waals surface area contributed by atoms with E-state index < -0.39 is 24.0 Å². The van der Waals surface area contributed by atoms with E-state index in [2.05, 4.69) is 0 Å². The number of carboxylic acids is 1. The fourth-order valence-electron chi connectivity index (χ4n) is 2.27. The molecule has 2 atom stereocenters. The molecule has 7 heteroatoms. The maximum absolute atomic E-state index is 12.6. The number of piperidine rings is 1. The maximum Gasteiger partial charge on any atom is 0.400 e. The minimum Gasteiger partial charge on any atom is -0.481 e. The molecule has 110 valence electrons. The standard InChI is InChI=1S/C12H18F3NO3/c1-8(12(13,14)15)11(19)16-7-3-2-4-9(16)5-6-10(17)18/h8-9H,2-7H2,1H3,(H,17,18). The predicted molar refractivity (Wildman–Crippen MR) is 61.4 cm³/mol. The van der Waals surface area contributed by atoms with Crippen molar-refractivity contribution in [2.75, 3.05) is 6.54 Å². The Balaban J connectivity index is 2.70. The van der Waals surface area contributed by atoms with Gasteiger partial charge in [0.05, 0.1) is 0 Å². The van der Waals surface area contributed by atoms with Crippen LogP contribution in [-0.2, 0) is 9.59 Å². The van der Waals surface area contributed by atoms with E-state index in [9.17, 15) is 22.8 Å². The minimum atomic E-state index is -4.55. The lowest BCUT2D eigenvalue weighted by Gasteiger charge is -2.37. The number of carbonyl (C=O) groups excluding carboxylic acids is 1. The molecule has 0 saturated carbocycles. The van der Waals surface area contributed by atoms with Gasteiger partial charge in [0.15, 0.2) is 0 Å². The molecule has 0 aromatic rings. The molecule has 0 aromatic carbocycles. The van der Waals surface area contributed by atoms with E-state index in [1.165, 1.54) is 4.90 Å². The number of likely N-dealkylation sites (tertiary alicyclic amines) is 1. The summed E-state index contributed by atoms with van der Waals surface area (Å²) in [6.07, 6.45) is -2.41. The van der Waals surface area contributed by atoms with Gasteiger partial charge in [0.1, 0.15) is 5.92 Å². The topological polar surface area (TPSA) is 57.6 Å². The van der Waals surface area contributed by atoms with Crippen molar-refractivity contribution >= 4 is 11.9 Å². The van der Waals surface area contributed by atoms with Crippen LogP contribution in [0.15, 0.2) is 0 Å². The minimum absolute atomic E-state index is 0.130. The van der Waals surface area contributed by atoms with Crippen LogP contribution in [0.4, 0.5) is 13.2 Å². The zero-order valence-corrected chi connectivity index (χ0v) is 10.7. The van der Waals surface area contributed by atoms with Gasteiger partial charge in [0.2, 0.25) is 5.91 Å². The fourth-order valence-corrected chi connectivity index (χ4v) is 2.27. The smallest absolute Gasteiger partial charge is 0.400 e. The molecule has 4 nitrogen and oxygen atoms in total. The zero-order chi connectivity index (χ0) is 14.6. The molecule has 1 aliphatic heterocycles. The largest absolute Gasteiger partial charge is 0.481 e. The Labute approximate surface area is 109 Å². The van der Waals surface area contributed by atoms with Gasteiger partial charge in [0, 0.05) is 19.0 Å². The maximum atomic E-state index is 12.6. The first-order chi connectivity index (χ1) is 8.73. The first-order valence-corrected chi connectivity index (χ1v) is 6.32. The third-order valence-electron chi connectivity index (χ3n) is 3.46. The highest BCUT2D eigenvalue weighted by atomic mass is 19.4. The molecule has 1 aliphatic rings. The van der Waals surface area contributed by atoms with Gasteiger partial charge in [0.25, 0.3) is 0 Å². The molecule has 0 aromatic heterocycles. The van der Waals surface area contributed by atoms with Gasteiger partial charge in [-0.3, -0.25) is 9.59 Å². The van der Waals surface area contributed by atoms with Crippen molar-refractivity contribution < 1.29 is 27.9 Å². The highest BCUT2D eigenvalue weighted by Gasteiger charge is 2.44. The molecule has 1 heterocycles. The summed E-state index contributed by atoms with van der Waals surface area (Å²) in [6, 6.07) is -0.387. The molecule has 19 heavy (non-hydrogen) atoms. The fraction of sp³-hybridized carbons (Fsp3) is 0.833. The zero-order valence-electron chi connectivity index (χ0n) is 10.7. The summed E-state index contributed by atoms with van der Waals surface area (Å²) in [4.78, 5) is 23.6. The SMILES string of the molecule is CC(C(=O)N1CCCCC1CCC(=O)O)C(F)(F)F. The lowest BCUT2D eigenvalue weighted by atomic mass is 9.96. The van der Waals surface area contributed by atoms with E-state index in [0.717, 1.165) is 13.3 Å². The first kappa shape index (κ1) is 15.8. The van der Waals surface area contributed by atoms with Crippen LogP contribution in [0.25, 0.3) is 0 Å². The van der Waals surface area contributed by atoms with Crippen LogP contribution in [0.5, 0.6) is 0 Å². The van der Waals surface area contributed by atoms with Crippen molar-refractivity contribution in [1.82, 2.24) is 4.90 Å². The van der Waals surface area contributed by atoms with E-state index in [4.69, 9.17) is 5.11 Å². The number of carboxylic acid groups (broad SMARTS) is 1. The molecule has 1 rings (SSSR count). The second kappa shape index (κ2) is 6.25. The van der Waals surface area contributed by atoms with Gasteiger partial charge in [-0.15, -0.1) is 0 Å². The summed E-state index contributed by atoms with van der Waals surface area (Å²) < 4.78 is 37.7. The molecule has 2 unspecified atom stereocenters. The van der Waals surface area contributed by atoms with Crippen molar-refractivity contribution in [2.24, 2.45) is 5.92 Å². The molecule has 1 saturated heterocycles. The summed E-state index contributed by atoms with van der Waals surface area (Å²) in [5, 5.41) is 8.62. The van der Waals surface area contributed by atoms with Gasteiger partial charge >= 0.3 is 12.1 Å². The number of carbonyl (C=O) groups is 2. The third-order valence-corrected chi connectivity index (χ3v) is 3.46. The third kappa shape index (κ3) is 4.40. The van der Waals surface area contributed by atoms with Gasteiger partial charge in [-0.1, -0.05) is 0 Å². The Bertz CT molecular complexity index is 344. The molecule has 0 aliphatic carbocycles. The van der Waals surface area contributed by atoms with Crippen molar-refractivity contribution in [1.29, 1.82) is 0 Å². The summed E-state index contributed by atoms with van der Waals surface area (Å²) in [5.41, 5.74) is 0. The summed E-state index contributed by atoms with van der Waals surface area (Å²) >= 11 is 0. The Hall–Kier alpha value is -1.27. The molecular formula is C12H18F3NO3. The van der Waals surface area contributed by atoms with E-state index in [-0.39, 0.29) is 25.4 Å². The first-order valence-electron chi connectivity index (χ1n) is 6.32. The van der Waals surface area contributed by atoms with Crippen molar-refractivity contribution in [3.05, 3.63) is 0 Å². The number of rotatable bonds is 4. The van der Waals surface area contributed by atoms with Gasteiger partial charge in [-0.2, -0.15) is 13.2 Å². The van der Waals surface area contributed by atoms with E-state index >= 15 is 0 Å². The van der Waals surface area contributed by atoms with Crippen molar-refractivity contribution in [2.45, 2.75) is 51.2 Å². The number of hydrogen-bond donors (Lipinski definition) is 1. The highest BCUT2D eigenvalue weighted by Crippen LogP contribution is 2.30. The lowest BCUT2D eigenvalue weighted by Crippen LogP contribution is -2.48. The highest BCUT2D eigenvalue weighted by molar-refractivity contribution is 5.79. The summed E-state index contributed by atoms with van der Waals surface area (Å²) in [5.74, 6) is -3.97. The number of hydrogen-bond acceptors (Lipinski definition) is 2. The molecule has 1 fully saturated rings. The Kier molecular flexibility index (Phi) is 5.20. The Morgan fingerprint density at radius 1 is 1.37 bits per heavy atom. The van der Waals surface area contributed by atoms with E-state index in [1.807, 2.05) is 0 Å². The molecule has 0 spiro atoms. The van der Waals surface area contributed by atoms with Crippen LogP contribution in [0, 0.1) is 5.92 Å². The van der Waals surface area contributed by atoms with Crippen molar-refractivity contribution in [3.63, 3.8) is 0 Å². The predicted octanol–water partition coefficient (Wildman–Crippen LogP) is 2.43. The summed E-state index contributed by atoms with van der Waals surface area (Å²) in [6.45, 7) is 1.13. The van der Waals surface area contributed by atoms with E-state index in [1.54, 1.807) is 0 Å². The molecule has 0 radical (unpaired) electrons. The number of nitrogens with zero attached hydrogens (tertiary/aromatic N) is 1. The number of halogens is 3. The average molecular weight is 281 g/mol. The molecule has 1 N–H and O–H groups in total. The van der Waals surface area contributed by atoms with Crippen LogP contribution < -0.4 is 0 Å². The second-order valence-electron chi connectivity index (χ2n) is 4.88. The number of alkyl halides is 3. The monoisotopic (exact) mass is 281 g/mol. The molecule has 1 amide bonds. The van der Waals surface area contributed by atoms with E-state index in [0.29, 0.717) is 12.8 Å². The van der Waals surface area contributed by atoms with Crippen LogP contribution in [-0.4, -0.2) is 40.6 Å². The quantitative estimate of drug-likeness (QED) is 0.861. The normalized spacial score (nSPS) is 22.1. The number of aliphatic carboxylic acids is 1. The Morgan fingerprint density at radius 2 is 2.00 bits per heavy atom. The second-order valence-corrected chi connectivity index (χ2v) is 4.88. The van der Waals surface area contributed by atoms with Gasteiger partial charge in [-0.25, -0.2) is 0 Å².